The normalized spacial score (nSPS) is 10.7. The number of methoxy groups -OCH3 is 1. The number of nitrogens with one attached hydrogen (secondary N) is 2. The number of carbonyl (C=O) groups excluding carboxylic acids is 1. The number of hydrogen-bond acceptors (Lipinski definition) is 6. The predicted molar refractivity (Wildman–Crippen MR) is 82.5 cm³/mol. The van der Waals surface area contributed by atoms with Gasteiger partial charge < -0.3 is 20.3 Å². The smallest absolute Gasteiger partial charge is 0.230 e. The molecule has 1 aromatic rings. The van der Waals surface area contributed by atoms with E-state index in [1.54, 1.807) is 18.4 Å². The van der Waals surface area contributed by atoms with Crippen LogP contribution in [0.2, 0.25) is 0 Å². The number of nitrogens with zero attached hydrogens (tertiary/aromatic N) is 2. The van der Waals surface area contributed by atoms with Crippen LogP contribution in [0.25, 0.3) is 0 Å². The monoisotopic (exact) mass is 300 g/mol. The third-order valence-electron chi connectivity index (χ3n) is 2.64. The van der Waals surface area contributed by atoms with Crippen LogP contribution in [0, 0.1) is 5.92 Å². The first-order valence-electron chi connectivity index (χ1n) is 6.65. The average molecular weight is 300 g/mol. The third-order valence-corrected chi connectivity index (χ3v) is 3.84. The van der Waals surface area contributed by atoms with E-state index < -0.39 is 0 Å². The lowest BCUT2D eigenvalue weighted by Gasteiger charge is -2.08. The van der Waals surface area contributed by atoms with Gasteiger partial charge in [-0.15, -0.1) is 0 Å². The maximum Gasteiger partial charge on any atom is 0.230 e. The minimum absolute atomic E-state index is 0.0271. The van der Waals surface area contributed by atoms with Crippen molar-refractivity contribution in [2.75, 3.05) is 39.2 Å². The van der Waals surface area contributed by atoms with Gasteiger partial charge in [-0.05, 0) is 0 Å². The Labute approximate surface area is 124 Å². The van der Waals surface area contributed by atoms with Gasteiger partial charge in [0.2, 0.25) is 11.8 Å². The minimum atomic E-state index is 0.0271. The van der Waals surface area contributed by atoms with E-state index in [0.717, 1.165) is 16.6 Å². The molecule has 7 heteroatoms. The first kappa shape index (κ1) is 16.7. The number of hydrogen-bond donors (Lipinski definition) is 2. The van der Waals surface area contributed by atoms with Crippen molar-refractivity contribution in [2.45, 2.75) is 20.4 Å². The molecule has 114 valence electrons. The fourth-order valence-corrected chi connectivity index (χ4v) is 2.39. The first-order chi connectivity index (χ1) is 9.45. The SMILES string of the molecule is COc1nc(N(C)C)sc1CNCCNC(=O)C(C)C. The average Bonchev–Trinajstić information content (AvgIpc) is 2.81. The summed E-state index contributed by atoms with van der Waals surface area (Å²) in [6.45, 7) is 5.79. The second kappa shape index (κ2) is 8.06. The molecule has 0 saturated carbocycles. The van der Waals surface area contributed by atoms with Crippen molar-refractivity contribution in [3.05, 3.63) is 4.88 Å². The Balaban J connectivity index is 2.36. The summed E-state index contributed by atoms with van der Waals surface area (Å²) in [6, 6.07) is 0. The molecule has 20 heavy (non-hydrogen) atoms. The van der Waals surface area contributed by atoms with E-state index in [9.17, 15) is 4.79 Å². The van der Waals surface area contributed by atoms with Gasteiger partial charge in [-0.3, -0.25) is 4.79 Å². The molecule has 0 radical (unpaired) electrons. The summed E-state index contributed by atoms with van der Waals surface area (Å²) < 4.78 is 5.27. The molecule has 1 heterocycles. The quantitative estimate of drug-likeness (QED) is 0.703. The highest BCUT2D eigenvalue weighted by Gasteiger charge is 2.12. The van der Waals surface area contributed by atoms with Crippen molar-refractivity contribution in [2.24, 2.45) is 5.92 Å². The molecule has 1 rings (SSSR count). The van der Waals surface area contributed by atoms with Gasteiger partial charge >= 0.3 is 0 Å². The van der Waals surface area contributed by atoms with Crippen LogP contribution in [-0.2, 0) is 11.3 Å². The molecule has 0 aromatic carbocycles. The summed E-state index contributed by atoms with van der Waals surface area (Å²) in [5.74, 6) is 0.772. The predicted octanol–water partition coefficient (Wildman–Crippen LogP) is 1.08. The first-order valence-corrected chi connectivity index (χ1v) is 7.46. The van der Waals surface area contributed by atoms with E-state index in [1.165, 1.54) is 0 Å². The van der Waals surface area contributed by atoms with Crippen LogP contribution >= 0.6 is 11.3 Å². The van der Waals surface area contributed by atoms with Crippen molar-refractivity contribution < 1.29 is 9.53 Å². The molecular weight excluding hydrogens is 276 g/mol. The van der Waals surface area contributed by atoms with Crippen LogP contribution in [0.3, 0.4) is 0 Å². The van der Waals surface area contributed by atoms with Crippen molar-refractivity contribution in [3.8, 4) is 5.88 Å². The minimum Gasteiger partial charge on any atom is -0.480 e. The van der Waals surface area contributed by atoms with E-state index in [4.69, 9.17) is 4.74 Å². The maximum absolute atomic E-state index is 11.4. The van der Waals surface area contributed by atoms with Crippen LogP contribution in [0.1, 0.15) is 18.7 Å². The standard InChI is InChI=1S/C13H24N4O2S/c1-9(2)11(18)15-7-6-14-8-10-12(19-5)16-13(20-10)17(3)4/h9,14H,6-8H2,1-5H3,(H,15,18). The Morgan fingerprint density at radius 2 is 2.10 bits per heavy atom. The fraction of sp³-hybridized carbons (Fsp3) is 0.692. The number of aromatic nitrogens is 1. The molecular formula is C13H24N4O2S. The molecule has 0 aliphatic heterocycles. The summed E-state index contributed by atoms with van der Waals surface area (Å²) in [6.07, 6.45) is 0. The molecule has 2 N–H and O–H groups in total. The van der Waals surface area contributed by atoms with E-state index >= 15 is 0 Å². The van der Waals surface area contributed by atoms with Gasteiger partial charge in [0, 0.05) is 39.6 Å². The van der Waals surface area contributed by atoms with Gasteiger partial charge in [-0.2, -0.15) is 4.98 Å². The van der Waals surface area contributed by atoms with Crippen LogP contribution in [0.4, 0.5) is 5.13 Å². The zero-order valence-electron chi connectivity index (χ0n) is 12.8. The van der Waals surface area contributed by atoms with E-state index in [-0.39, 0.29) is 11.8 Å². The van der Waals surface area contributed by atoms with Crippen molar-refractivity contribution in [3.63, 3.8) is 0 Å². The highest BCUT2D eigenvalue weighted by molar-refractivity contribution is 7.15. The summed E-state index contributed by atoms with van der Waals surface area (Å²) >= 11 is 1.60. The van der Waals surface area contributed by atoms with Crippen LogP contribution in [0.5, 0.6) is 5.88 Å². The van der Waals surface area contributed by atoms with Crippen LogP contribution in [0.15, 0.2) is 0 Å². The zero-order valence-corrected chi connectivity index (χ0v) is 13.6. The Bertz CT molecular complexity index is 432. The molecule has 1 aromatic heterocycles. The highest BCUT2D eigenvalue weighted by Crippen LogP contribution is 2.29. The Morgan fingerprint density at radius 3 is 2.65 bits per heavy atom. The van der Waals surface area contributed by atoms with Gasteiger partial charge in [0.25, 0.3) is 0 Å². The largest absolute Gasteiger partial charge is 0.480 e. The van der Waals surface area contributed by atoms with Gasteiger partial charge in [-0.25, -0.2) is 0 Å². The molecule has 1 amide bonds. The molecule has 0 saturated heterocycles. The Hall–Kier alpha value is -1.34. The Kier molecular flexibility index (Phi) is 6.74. The second-order valence-electron chi connectivity index (χ2n) is 4.95. The van der Waals surface area contributed by atoms with Gasteiger partial charge in [-0.1, -0.05) is 25.2 Å². The van der Waals surface area contributed by atoms with Crippen LogP contribution < -0.4 is 20.3 Å². The summed E-state index contributed by atoms with van der Waals surface area (Å²) in [4.78, 5) is 18.8. The van der Waals surface area contributed by atoms with Gasteiger partial charge in [0.1, 0.15) is 0 Å². The number of ether oxygens (including phenoxy) is 1. The van der Waals surface area contributed by atoms with E-state index in [1.807, 2.05) is 32.8 Å². The molecule has 0 atom stereocenters. The van der Waals surface area contributed by atoms with E-state index in [0.29, 0.717) is 19.0 Å². The lowest BCUT2D eigenvalue weighted by atomic mass is 10.2. The van der Waals surface area contributed by atoms with Gasteiger partial charge in [0.15, 0.2) is 5.13 Å². The van der Waals surface area contributed by atoms with E-state index in [2.05, 4.69) is 15.6 Å². The lowest BCUT2D eigenvalue weighted by Crippen LogP contribution is -2.34. The Morgan fingerprint density at radius 1 is 1.40 bits per heavy atom. The highest BCUT2D eigenvalue weighted by atomic mass is 32.1. The summed E-state index contributed by atoms with van der Waals surface area (Å²) in [7, 11) is 5.54. The molecule has 6 nitrogen and oxygen atoms in total. The molecule has 0 spiro atoms. The van der Waals surface area contributed by atoms with Crippen molar-refractivity contribution >= 4 is 22.4 Å². The molecule has 0 aliphatic rings. The number of anilines is 1. The van der Waals surface area contributed by atoms with Crippen molar-refractivity contribution in [1.29, 1.82) is 0 Å². The van der Waals surface area contributed by atoms with Gasteiger partial charge in [0.05, 0.1) is 12.0 Å². The summed E-state index contributed by atoms with van der Waals surface area (Å²) in [5, 5.41) is 7.07. The van der Waals surface area contributed by atoms with Crippen LogP contribution in [-0.4, -0.2) is 45.2 Å². The number of amides is 1. The van der Waals surface area contributed by atoms with Crippen molar-refractivity contribution in [1.82, 2.24) is 15.6 Å². The second-order valence-corrected chi connectivity index (χ2v) is 6.01. The fourth-order valence-electron chi connectivity index (χ4n) is 1.47. The zero-order chi connectivity index (χ0) is 15.1. The lowest BCUT2D eigenvalue weighted by molar-refractivity contribution is -0.123. The number of rotatable bonds is 8. The summed E-state index contributed by atoms with van der Waals surface area (Å²) in [5.41, 5.74) is 0. The topological polar surface area (TPSA) is 66.5 Å². The molecule has 0 fully saturated rings. The number of thiazole rings is 1. The maximum atomic E-state index is 11.4. The molecule has 0 bridgehead atoms. The molecule has 0 aliphatic carbocycles. The third kappa shape index (κ3) is 4.97. The number of carbonyl (C=O) groups is 1. The molecule has 0 unspecified atom stereocenters.